The van der Waals surface area contributed by atoms with Crippen LogP contribution in [0.25, 0.3) is 30.4 Å². The van der Waals surface area contributed by atoms with E-state index in [0.29, 0.717) is 32.2 Å². The zero-order valence-corrected chi connectivity index (χ0v) is 29.5. The van der Waals surface area contributed by atoms with Gasteiger partial charge in [0, 0.05) is 82.5 Å². The van der Waals surface area contributed by atoms with Gasteiger partial charge in [-0.15, -0.1) is 0 Å². The van der Waals surface area contributed by atoms with Gasteiger partial charge in [-0.1, -0.05) is 32.2 Å². The number of aromatic nitrogens is 2. The number of hydrogen-bond donors (Lipinski definition) is 4. The summed E-state index contributed by atoms with van der Waals surface area (Å²) in [6, 6.07) is -0.0973. The van der Waals surface area contributed by atoms with Crippen molar-refractivity contribution >= 4 is 48.0 Å². The molecule has 5 heterocycles. The average Bonchev–Trinajstić information content (AvgIpc) is 3.71. The third-order valence-electron chi connectivity index (χ3n) is 10.0. The van der Waals surface area contributed by atoms with Gasteiger partial charge in [0.15, 0.2) is 0 Å². The normalized spacial score (nSPS) is 23.5. The molecule has 8 bridgehead atoms. The van der Waals surface area contributed by atoms with Crippen LogP contribution in [0, 0.1) is 25.7 Å². The van der Waals surface area contributed by atoms with Gasteiger partial charge in [0.1, 0.15) is 0 Å². The van der Waals surface area contributed by atoms with Crippen LogP contribution in [0.3, 0.4) is 0 Å². The number of likely N-dealkylation sites (N-methyl/N-ethyl adjacent to an activating group) is 1. The Balaban J connectivity index is 1.69. The molecule has 0 spiro atoms. The molecule has 1 amide bonds. The van der Waals surface area contributed by atoms with E-state index in [0.717, 1.165) is 79.1 Å². The molecule has 0 saturated heterocycles. The zero-order valence-electron chi connectivity index (χ0n) is 29.5. The number of fused-ring (bicyclic) bond motifs is 7. The van der Waals surface area contributed by atoms with Gasteiger partial charge in [-0.05, 0) is 99.8 Å². The lowest BCUT2D eigenvalue weighted by atomic mass is 9.86. The molecule has 0 aliphatic carbocycles. The predicted octanol–water partition coefficient (Wildman–Crippen LogP) is 4.30. The molecule has 3 atom stereocenters. The Morgan fingerprint density at radius 3 is 2.48 bits per heavy atom. The standard InChI is InChI=1S/C39H50N6O3/c1-10-26-22(3)30-18-31-25(6)29(13-15-39(47)48-9)37(43-31)21-36-28(12-14-38(46)40-16-17-45(7)8)24(5)33(44-36)20-35-27(11-2)23(4)32(42-35)19-34(26)41-30/h10-11,18-21,25,29,35,41-42,44H,1-2,12-17H2,3-9H3,(H,40,46)/b31-18-,32-19-,33-20-,36-21-. The van der Waals surface area contributed by atoms with E-state index < -0.39 is 0 Å². The van der Waals surface area contributed by atoms with Crippen LogP contribution in [0.4, 0.5) is 0 Å². The number of allylic oxidation sites excluding steroid dienone is 2. The molecule has 3 unspecified atom stereocenters. The fourth-order valence-electron chi connectivity index (χ4n) is 6.99. The van der Waals surface area contributed by atoms with E-state index in [1.807, 2.05) is 26.2 Å². The molecule has 254 valence electrons. The predicted molar refractivity (Wildman–Crippen MR) is 196 cm³/mol. The van der Waals surface area contributed by atoms with Crippen molar-refractivity contribution in [2.24, 2.45) is 16.8 Å². The van der Waals surface area contributed by atoms with Crippen LogP contribution in [-0.4, -0.2) is 72.8 Å². The number of nitrogens with zero attached hydrogens (tertiary/aromatic N) is 2. The van der Waals surface area contributed by atoms with Crippen molar-refractivity contribution < 1.29 is 14.3 Å². The number of methoxy groups -OCH3 is 1. The van der Waals surface area contributed by atoms with Crippen LogP contribution in [0.2, 0.25) is 0 Å². The second-order valence-corrected chi connectivity index (χ2v) is 13.3. The fourth-order valence-corrected chi connectivity index (χ4v) is 6.99. The van der Waals surface area contributed by atoms with Gasteiger partial charge < -0.3 is 30.2 Å². The van der Waals surface area contributed by atoms with Gasteiger partial charge in [-0.2, -0.15) is 0 Å². The average molecular weight is 651 g/mol. The van der Waals surface area contributed by atoms with E-state index in [9.17, 15) is 9.59 Å². The number of amides is 1. The van der Waals surface area contributed by atoms with Crippen LogP contribution in [0.15, 0.2) is 46.8 Å². The van der Waals surface area contributed by atoms with E-state index in [1.165, 1.54) is 7.11 Å². The van der Waals surface area contributed by atoms with Crippen molar-refractivity contribution in [3.8, 4) is 0 Å². The molecule has 2 aromatic heterocycles. The maximum Gasteiger partial charge on any atom is 0.305 e. The molecule has 0 aromatic carbocycles. The monoisotopic (exact) mass is 650 g/mol. The highest BCUT2D eigenvalue weighted by molar-refractivity contribution is 6.14. The zero-order chi connectivity index (χ0) is 34.7. The molecule has 9 heteroatoms. The molecule has 2 aromatic rings. The number of H-pyrrole nitrogens is 2. The summed E-state index contributed by atoms with van der Waals surface area (Å²) in [5.74, 6) is -0.127. The number of ether oxygens (including phenoxy) is 1. The van der Waals surface area contributed by atoms with Crippen molar-refractivity contribution in [2.45, 2.75) is 59.4 Å². The lowest BCUT2D eigenvalue weighted by Crippen LogP contribution is -2.31. The summed E-state index contributed by atoms with van der Waals surface area (Å²) in [7, 11) is 5.41. The smallest absolute Gasteiger partial charge is 0.305 e. The first-order valence-corrected chi connectivity index (χ1v) is 16.8. The number of rotatable bonds is 11. The first-order chi connectivity index (χ1) is 22.9. The molecule has 9 nitrogen and oxygen atoms in total. The van der Waals surface area contributed by atoms with Crippen molar-refractivity contribution in [1.82, 2.24) is 25.5 Å². The summed E-state index contributed by atoms with van der Waals surface area (Å²) in [5, 5.41) is 8.69. The highest BCUT2D eigenvalue weighted by Crippen LogP contribution is 2.37. The number of nitrogens with one attached hydrogen (secondary N) is 4. The molecule has 48 heavy (non-hydrogen) atoms. The third-order valence-corrected chi connectivity index (χ3v) is 10.0. The summed E-state index contributed by atoms with van der Waals surface area (Å²) in [6.07, 6.45) is 14.3. The number of carbonyl (C=O) groups is 2. The summed E-state index contributed by atoms with van der Waals surface area (Å²) in [6.45, 7) is 18.2. The molecule has 0 radical (unpaired) electrons. The summed E-state index contributed by atoms with van der Waals surface area (Å²) in [4.78, 5) is 39.7. The Labute approximate surface area is 284 Å². The minimum absolute atomic E-state index is 0.00983. The first kappa shape index (κ1) is 34.7. The van der Waals surface area contributed by atoms with Crippen LogP contribution < -0.4 is 21.3 Å². The second kappa shape index (κ2) is 14.6. The maximum atomic E-state index is 12.9. The Morgan fingerprint density at radius 2 is 1.79 bits per heavy atom. The number of hydrogen-bond acceptors (Lipinski definition) is 6. The van der Waals surface area contributed by atoms with Gasteiger partial charge in [0.2, 0.25) is 5.91 Å². The molecule has 0 fully saturated rings. The van der Waals surface area contributed by atoms with E-state index in [-0.39, 0.29) is 29.8 Å². The molecule has 4 N–H and O–H groups in total. The van der Waals surface area contributed by atoms with Gasteiger partial charge in [-0.3, -0.25) is 14.6 Å². The second-order valence-electron chi connectivity index (χ2n) is 13.3. The maximum absolute atomic E-state index is 12.9. The quantitative estimate of drug-likeness (QED) is 0.271. The van der Waals surface area contributed by atoms with Crippen LogP contribution in [0.1, 0.15) is 66.8 Å². The van der Waals surface area contributed by atoms with Crippen molar-refractivity contribution in [1.29, 1.82) is 0 Å². The Morgan fingerprint density at radius 1 is 1.02 bits per heavy atom. The van der Waals surface area contributed by atoms with Crippen LogP contribution in [0.5, 0.6) is 0 Å². The SMILES string of the molecule is C=CC1=C(C)/C2=C/c3[nH]c(c(C)c3C=C)/C=C3N=C(/C=c4\[nH]/c(c(C)c4CCC(=O)NCCN(C)C)=C\C1N2)C(CCC(=O)OC)C\3C. The van der Waals surface area contributed by atoms with Crippen molar-refractivity contribution in [2.75, 3.05) is 34.3 Å². The van der Waals surface area contributed by atoms with Gasteiger partial charge in [-0.25, -0.2) is 0 Å². The topological polar surface area (TPSA) is 115 Å². The third kappa shape index (κ3) is 7.11. The lowest BCUT2D eigenvalue weighted by molar-refractivity contribution is -0.140. The minimum atomic E-state index is -0.233. The Hall–Kier alpha value is -4.63. The number of esters is 1. The van der Waals surface area contributed by atoms with Gasteiger partial charge in [0.05, 0.1) is 13.2 Å². The molecule has 3 aliphatic heterocycles. The summed E-state index contributed by atoms with van der Waals surface area (Å²) < 4.78 is 5.00. The van der Waals surface area contributed by atoms with E-state index in [2.05, 4.69) is 90.7 Å². The molecule has 3 aliphatic rings. The lowest BCUT2D eigenvalue weighted by Gasteiger charge is -2.16. The molecular weight excluding hydrogens is 600 g/mol. The fraction of sp³-hybridized carbons (Fsp3) is 0.410. The highest BCUT2D eigenvalue weighted by Gasteiger charge is 2.32. The molecular formula is C39H50N6O3. The van der Waals surface area contributed by atoms with Crippen molar-refractivity contribution in [3.05, 3.63) is 86.1 Å². The highest BCUT2D eigenvalue weighted by atomic mass is 16.5. The number of aromatic amines is 2. The van der Waals surface area contributed by atoms with Crippen molar-refractivity contribution in [3.63, 3.8) is 0 Å². The van der Waals surface area contributed by atoms with Gasteiger partial charge >= 0.3 is 5.97 Å². The number of aliphatic imine (C=N–C) groups is 1. The summed E-state index contributed by atoms with van der Waals surface area (Å²) >= 11 is 0. The first-order valence-electron chi connectivity index (χ1n) is 16.8. The van der Waals surface area contributed by atoms with E-state index in [4.69, 9.17) is 9.73 Å². The van der Waals surface area contributed by atoms with Crippen LogP contribution in [-0.2, 0) is 20.7 Å². The minimum Gasteiger partial charge on any atom is -0.469 e. The van der Waals surface area contributed by atoms with Crippen LogP contribution >= 0.6 is 0 Å². The summed E-state index contributed by atoms with van der Waals surface area (Å²) in [5.41, 5.74) is 11.4. The molecule has 5 rings (SSSR count). The Kier molecular flexibility index (Phi) is 10.6. The Bertz CT molecular complexity index is 1880. The molecule has 0 saturated carbocycles. The van der Waals surface area contributed by atoms with E-state index in [1.54, 1.807) is 0 Å². The number of carbonyl (C=O) groups excluding carboxylic acids is 2. The van der Waals surface area contributed by atoms with Gasteiger partial charge in [0.25, 0.3) is 0 Å². The van der Waals surface area contributed by atoms with E-state index >= 15 is 0 Å². The largest absolute Gasteiger partial charge is 0.469 e.